The van der Waals surface area contributed by atoms with Crippen molar-refractivity contribution in [3.05, 3.63) is 36.4 Å². The van der Waals surface area contributed by atoms with Crippen LogP contribution in [0.25, 0.3) is 0 Å². The predicted molar refractivity (Wildman–Crippen MR) is 53.4 cm³/mol. The Bertz CT molecular complexity index is 324. The minimum Gasteiger partial charge on any atom is -1.00 e. The standard InChI is InChI=1S/2C5H8N2.2BrH/c2*1-5-6-3-4-7(5)2;;/h2*3-4H,1-2H3;2*1H. The second-order valence-electron chi connectivity index (χ2n) is 3.31. The monoisotopic (exact) mass is 352 g/mol. The molecule has 0 unspecified atom stereocenters. The molecule has 2 aromatic rings. The number of imidazole rings is 2. The number of hydrogen-bond acceptors (Lipinski definition) is 0. The van der Waals surface area contributed by atoms with Gasteiger partial charge in [-0.15, -0.1) is 0 Å². The zero-order valence-corrected chi connectivity index (χ0v) is 13.1. The average Bonchev–Trinajstić information content (AvgIpc) is 2.67. The second-order valence-corrected chi connectivity index (χ2v) is 3.31. The molecule has 0 amide bonds. The van der Waals surface area contributed by atoms with Crippen molar-refractivity contribution in [2.24, 2.45) is 14.1 Å². The smallest absolute Gasteiger partial charge is 0.250 e. The highest BCUT2D eigenvalue weighted by atomic mass is 79.9. The second kappa shape index (κ2) is 8.52. The molecule has 0 radical (unpaired) electrons. The molecule has 4 nitrogen and oxygen atoms in total. The first-order valence-electron chi connectivity index (χ1n) is 4.60. The van der Waals surface area contributed by atoms with Gasteiger partial charge in [0.15, 0.2) is 0 Å². The molecule has 6 heteroatoms. The molecule has 0 atom stereocenters. The molecule has 0 aliphatic heterocycles. The molecule has 0 aromatic carbocycles. The summed E-state index contributed by atoms with van der Waals surface area (Å²) in [7, 11) is 4.01. The van der Waals surface area contributed by atoms with Crippen LogP contribution >= 0.6 is 0 Å². The fourth-order valence-electron chi connectivity index (χ4n) is 0.967. The molecule has 0 spiro atoms. The lowest BCUT2D eigenvalue weighted by atomic mass is 10.7. The maximum Gasteiger partial charge on any atom is 0.250 e. The molecular formula is C10H18Br2N4. The summed E-state index contributed by atoms with van der Waals surface area (Å²) in [6, 6.07) is 0. The van der Waals surface area contributed by atoms with E-state index >= 15 is 0 Å². The van der Waals surface area contributed by atoms with Crippen molar-refractivity contribution in [1.29, 1.82) is 0 Å². The number of aromatic amines is 2. The summed E-state index contributed by atoms with van der Waals surface area (Å²) in [4.78, 5) is 6.06. The molecule has 16 heavy (non-hydrogen) atoms. The number of H-pyrrole nitrogens is 2. The van der Waals surface area contributed by atoms with Crippen molar-refractivity contribution in [2.45, 2.75) is 13.8 Å². The van der Waals surface area contributed by atoms with Gasteiger partial charge in [-0.25, -0.2) is 19.1 Å². The maximum absolute atomic E-state index is 3.03. The van der Waals surface area contributed by atoms with E-state index in [0.717, 1.165) is 0 Å². The molecule has 2 rings (SSSR count). The molecule has 2 aromatic heterocycles. The van der Waals surface area contributed by atoms with Gasteiger partial charge in [0, 0.05) is 13.8 Å². The Kier molecular flexibility index (Phi) is 9.46. The van der Waals surface area contributed by atoms with Gasteiger partial charge in [-0.05, 0) is 0 Å². The lowest BCUT2D eigenvalue weighted by molar-refractivity contribution is -0.676. The summed E-state index contributed by atoms with van der Waals surface area (Å²) >= 11 is 0. The molecule has 2 N–H and O–H groups in total. The summed E-state index contributed by atoms with van der Waals surface area (Å²) < 4.78 is 4.06. The highest BCUT2D eigenvalue weighted by Crippen LogP contribution is 1.75. The highest BCUT2D eigenvalue weighted by Gasteiger charge is 1.93. The number of rotatable bonds is 0. The van der Waals surface area contributed by atoms with E-state index in [2.05, 4.69) is 9.97 Å². The van der Waals surface area contributed by atoms with E-state index < -0.39 is 0 Å². The van der Waals surface area contributed by atoms with E-state index in [1.165, 1.54) is 11.6 Å². The average molecular weight is 354 g/mol. The molecular weight excluding hydrogens is 336 g/mol. The van der Waals surface area contributed by atoms with Crippen LogP contribution in [0.15, 0.2) is 24.8 Å². The Balaban J connectivity index is 0. The molecule has 2 heterocycles. The van der Waals surface area contributed by atoms with Crippen molar-refractivity contribution in [1.82, 2.24) is 9.97 Å². The normalized spacial score (nSPS) is 8.25. The highest BCUT2D eigenvalue weighted by molar-refractivity contribution is 4.70. The van der Waals surface area contributed by atoms with Crippen LogP contribution < -0.4 is 43.1 Å². The fraction of sp³-hybridized carbons (Fsp3) is 0.400. The van der Waals surface area contributed by atoms with Crippen LogP contribution in [0.3, 0.4) is 0 Å². The number of nitrogens with one attached hydrogen (secondary N) is 2. The topological polar surface area (TPSA) is 39.3 Å². The van der Waals surface area contributed by atoms with E-state index in [0.29, 0.717) is 0 Å². The van der Waals surface area contributed by atoms with Crippen LogP contribution in [0.1, 0.15) is 11.6 Å². The van der Waals surface area contributed by atoms with Gasteiger partial charge in [0.1, 0.15) is 24.8 Å². The Morgan fingerprint density at radius 3 is 1.19 bits per heavy atom. The van der Waals surface area contributed by atoms with E-state index in [9.17, 15) is 0 Å². The molecule has 0 fully saturated rings. The van der Waals surface area contributed by atoms with E-state index in [-0.39, 0.29) is 34.0 Å². The Labute approximate surface area is 117 Å². The third-order valence-electron chi connectivity index (χ3n) is 2.24. The Morgan fingerprint density at radius 1 is 0.812 bits per heavy atom. The maximum atomic E-state index is 3.03. The minimum absolute atomic E-state index is 0. The fourth-order valence-corrected chi connectivity index (χ4v) is 0.967. The SMILES string of the molecule is Cc1[nH]cc[n+]1C.Cc1[nH]cc[n+]1C.[Br-].[Br-]. The molecule has 0 saturated carbocycles. The number of nitrogens with zero attached hydrogens (tertiary/aromatic N) is 2. The van der Waals surface area contributed by atoms with E-state index in [4.69, 9.17) is 0 Å². The zero-order valence-electron chi connectivity index (χ0n) is 9.96. The first-order valence-corrected chi connectivity index (χ1v) is 4.60. The van der Waals surface area contributed by atoms with Gasteiger partial charge in [-0.1, -0.05) is 0 Å². The van der Waals surface area contributed by atoms with Crippen molar-refractivity contribution >= 4 is 0 Å². The van der Waals surface area contributed by atoms with E-state index in [1.807, 2.05) is 61.9 Å². The van der Waals surface area contributed by atoms with Crippen LogP contribution in [-0.2, 0) is 14.1 Å². The first-order chi connectivity index (χ1) is 6.61. The lowest BCUT2D eigenvalue weighted by Crippen LogP contribution is -3.00. The summed E-state index contributed by atoms with van der Waals surface area (Å²) in [5, 5.41) is 0. The number of aromatic nitrogens is 4. The van der Waals surface area contributed by atoms with Crippen molar-refractivity contribution in [2.75, 3.05) is 0 Å². The van der Waals surface area contributed by atoms with Crippen LogP contribution in [0, 0.1) is 13.8 Å². The molecule has 0 bridgehead atoms. The lowest BCUT2D eigenvalue weighted by Gasteiger charge is -1.77. The van der Waals surface area contributed by atoms with Crippen LogP contribution in [0.4, 0.5) is 0 Å². The molecule has 0 saturated heterocycles. The van der Waals surface area contributed by atoms with Gasteiger partial charge in [0.05, 0.1) is 14.1 Å². The Hall–Kier alpha value is -0.620. The number of aryl methyl sites for hydroxylation is 4. The number of halogens is 2. The summed E-state index contributed by atoms with van der Waals surface area (Å²) in [5.41, 5.74) is 0. The number of hydrogen-bond donors (Lipinski definition) is 2. The van der Waals surface area contributed by atoms with Gasteiger partial charge in [0.25, 0.3) is 11.6 Å². The Morgan fingerprint density at radius 2 is 1.12 bits per heavy atom. The first kappa shape index (κ1) is 17.8. The quantitative estimate of drug-likeness (QED) is 0.443. The van der Waals surface area contributed by atoms with Gasteiger partial charge >= 0.3 is 0 Å². The molecule has 0 aliphatic carbocycles. The molecule has 0 aliphatic rings. The van der Waals surface area contributed by atoms with Crippen LogP contribution in [-0.4, -0.2) is 9.97 Å². The third kappa shape index (κ3) is 5.46. The van der Waals surface area contributed by atoms with Crippen molar-refractivity contribution in [3.8, 4) is 0 Å². The van der Waals surface area contributed by atoms with Crippen LogP contribution in [0.2, 0.25) is 0 Å². The van der Waals surface area contributed by atoms with Crippen LogP contribution in [0.5, 0.6) is 0 Å². The summed E-state index contributed by atoms with van der Waals surface area (Å²) in [6.07, 6.45) is 7.79. The van der Waals surface area contributed by atoms with Gasteiger partial charge in [-0.2, -0.15) is 0 Å². The van der Waals surface area contributed by atoms with Crippen molar-refractivity contribution in [3.63, 3.8) is 0 Å². The third-order valence-corrected chi connectivity index (χ3v) is 2.24. The van der Waals surface area contributed by atoms with Gasteiger partial charge in [0.2, 0.25) is 0 Å². The minimum atomic E-state index is 0. The summed E-state index contributed by atoms with van der Waals surface area (Å²) in [5.74, 6) is 2.36. The molecule has 92 valence electrons. The predicted octanol–water partition coefficient (Wildman–Crippen LogP) is -5.70. The largest absolute Gasteiger partial charge is 1.00 e. The zero-order chi connectivity index (χ0) is 10.6. The van der Waals surface area contributed by atoms with Gasteiger partial charge in [-0.3, -0.25) is 0 Å². The van der Waals surface area contributed by atoms with E-state index in [1.54, 1.807) is 0 Å². The van der Waals surface area contributed by atoms with Gasteiger partial charge < -0.3 is 34.0 Å². The van der Waals surface area contributed by atoms with Crippen molar-refractivity contribution < 1.29 is 43.1 Å². The summed E-state index contributed by atoms with van der Waals surface area (Å²) in [6.45, 7) is 4.06.